The minimum Gasteiger partial charge on any atom is -0.493 e. The highest BCUT2D eigenvalue weighted by Crippen LogP contribution is 2.33. The number of hydrogen-bond donors (Lipinski definition) is 0. The molecule has 0 N–H and O–H groups in total. The molecule has 0 saturated carbocycles. The fraction of sp³-hybridized carbons (Fsp3) is 0.310. The van der Waals surface area contributed by atoms with E-state index in [1.165, 1.54) is 11.1 Å². The topological polar surface area (TPSA) is 59.8 Å². The van der Waals surface area contributed by atoms with E-state index in [1.54, 1.807) is 37.0 Å². The lowest BCUT2D eigenvalue weighted by Crippen LogP contribution is -2.35. The average Bonchev–Trinajstić information content (AvgIpc) is 2.91. The molecule has 0 spiro atoms. The van der Waals surface area contributed by atoms with Crippen LogP contribution < -0.4 is 19.9 Å². The van der Waals surface area contributed by atoms with Crippen LogP contribution in [-0.4, -0.2) is 55.9 Å². The van der Waals surface area contributed by atoms with Gasteiger partial charge in [-0.05, 0) is 72.1 Å². The molecule has 37 heavy (non-hydrogen) atoms. The second-order valence-electron chi connectivity index (χ2n) is 9.50. The molecule has 1 aromatic heterocycles. The molecule has 0 amide bonds. The van der Waals surface area contributed by atoms with Gasteiger partial charge in [-0.2, -0.15) is 0 Å². The van der Waals surface area contributed by atoms with Crippen LogP contribution in [-0.2, 0) is 19.5 Å². The zero-order chi connectivity index (χ0) is 26.1. The van der Waals surface area contributed by atoms with Crippen LogP contribution in [0.5, 0.6) is 11.5 Å². The van der Waals surface area contributed by atoms with Gasteiger partial charge in [0, 0.05) is 56.5 Å². The van der Waals surface area contributed by atoms with Gasteiger partial charge in [-0.3, -0.25) is 14.3 Å². The number of hydrogen-bond acceptors (Lipinski definition) is 6. The number of aromatic nitrogens is 2. The van der Waals surface area contributed by atoms with Crippen molar-refractivity contribution < 1.29 is 9.47 Å². The van der Waals surface area contributed by atoms with Gasteiger partial charge in [-0.25, -0.2) is 4.98 Å². The maximum atomic E-state index is 13.7. The van der Waals surface area contributed by atoms with E-state index < -0.39 is 0 Å². The van der Waals surface area contributed by atoms with Crippen molar-refractivity contribution in [2.45, 2.75) is 19.5 Å². The Labute approximate surface area is 221 Å². The van der Waals surface area contributed by atoms with E-state index in [4.69, 9.17) is 26.1 Å². The van der Waals surface area contributed by atoms with E-state index in [0.29, 0.717) is 28.3 Å². The van der Waals surface area contributed by atoms with Crippen molar-refractivity contribution in [1.29, 1.82) is 0 Å². The molecule has 0 saturated heterocycles. The van der Waals surface area contributed by atoms with Crippen molar-refractivity contribution in [2.24, 2.45) is 0 Å². The summed E-state index contributed by atoms with van der Waals surface area (Å²) in [5.74, 6) is 2.14. The Balaban J connectivity index is 1.47. The van der Waals surface area contributed by atoms with Crippen molar-refractivity contribution in [1.82, 2.24) is 14.5 Å². The number of anilines is 1. The second-order valence-corrected chi connectivity index (χ2v) is 9.93. The van der Waals surface area contributed by atoms with Crippen LogP contribution in [0, 0.1) is 0 Å². The Morgan fingerprint density at radius 2 is 1.65 bits per heavy atom. The monoisotopic (exact) mass is 518 g/mol. The molecule has 7 nitrogen and oxygen atoms in total. The van der Waals surface area contributed by atoms with Gasteiger partial charge < -0.3 is 14.4 Å². The first-order chi connectivity index (χ1) is 17.9. The van der Waals surface area contributed by atoms with Crippen LogP contribution in [0.3, 0.4) is 0 Å². The van der Waals surface area contributed by atoms with E-state index >= 15 is 0 Å². The minimum absolute atomic E-state index is 0.0582. The number of rotatable bonds is 7. The molecule has 0 unspecified atom stereocenters. The molecule has 0 fully saturated rings. The molecule has 0 radical (unpaired) electrons. The molecule has 0 bridgehead atoms. The van der Waals surface area contributed by atoms with E-state index in [2.05, 4.69) is 17.0 Å². The predicted molar refractivity (Wildman–Crippen MR) is 149 cm³/mol. The van der Waals surface area contributed by atoms with Crippen molar-refractivity contribution in [2.75, 3.05) is 46.3 Å². The highest BCUT2D eigenvalue weighted by Gasteiger charge is 2.21. The van der Waals surface area contributed by atoms with Gasteiger partial charge in [0.25, 0.3) is 5.56 Å². The normalized spacial score (nSPS) is 13.4. The highest BCUT2D eigenvalue weighted by atomic mass is 35.5. The van der Waals surface area contributed by atoms with Gasteiger partial charge in [-0.15, -0.1) is 0 Å². The smallest absolute Gasteiger partial charge is 0.261 e. The summed E-state index contributed by atoms with van der Waals surface area (Å²) in [5, 5.41) is 1.13. The summed E-state index contributed by atoms with van der Waals surface area (Å²) < 4.78 is 12.8. The van der Waals surface area contributed by atoms with Crippen molar-refractivity contribution >= 4 is 28.2 Å². The number of halogens is 1. The number of nitrogens with zero attached hydrogens (tertiary/aromatic N) is 4. The largest absolute Gasteiger partial charge is 0.493 e. The zero-order valence-electron chi connectivity index (χ0n) is 21.6. The second kappa shape index (κ2) is 10.4. The summed E-state index contributed by atoms with van der Waals surface area (Å²) in [6.45, 7) is 2.93. The summed E-state index contributed by atoms with van der Waals surface area (Å²) in [6, 6.07) is 17.5. The van der Waals surface area contributed by atoms with Crippen LogP contribution in [0.2, 0.25) is 5.02 Å². The fourth-order valence-electron chi connectivity index (χ4n) is 4.90. The third-order valence-corrected chi connectivity index (χ3v) is 7.23. The lowest BCUT2D eigenvalue weighted by Gasteiger charge is -2.30. The number of fused-ring (bicyclic) bond motifs is 2. The van der Waals surface area contributed by atoms with Gasteiger partial charge >= 0.3 is 0 Å². The van der Waals surface area contributed by atoms with E-state index in [9.17, 15) is 4.79 Å². The third-order valence-electron chi connectivity index (χ3n) is 7.00. The van der Waals surface area contributed by atoms with Crippen LogP contribution in [0.1, 0.15) is 11.1 Å². The summed E-state index contributed by atoms with van der Waals surface area (Å²) in [6.07, 6.45) is 0.915. The van der Waals surface area contributed by atoms with Gasteiger partial charge in [0.1, 0.15) is 5.82 Å². The first-order valence-electron chi connectivity index (χ1n) is 12.3. The van der Waals surface area contributed by atoms with Crippen LogP contribution in [0.15, 0.2) is 59.4 Å². The Kier molecular flexibility index (Phi) is 7.09. The lowest BCUT2D eigenvalue weighted by molar-refractivity contribution is 0.242. The van der Waals surface area contributed by atoms with E-state index in [-0.39, 0.29) is 5.56 Å². The standard InChI is InChI=1S/C29H31ClN4O3/c1-32(2)23-8-5-19(6-9-23)28-31-25-17-22(30)7-10-24(25)29(35)34(28)14-13-33-12-11-20-15-26(36-3)27(37-4)16-21(20)18-33/h5-10,15-17H,11-14,18H2,1-4H3. The van der Waals surface area contributed by atoms with Crippen LogP contribution in [0.25, 0.3) is 22.3 Å². The zero-order valence-corrected chi connectivity index (χ0v) is 22.4. The number of ether oxygens (including phenoxy) is 2. The molecular weight excluding hydrogens is 488 g/mol. The number of methoxy groups -OCH3 is 2. The molecule has 2 heterocycles. The Bertz CT molecular complexity index is 1500. The summed E-state index contributed by atoms with van der Waals surface area (Å²) in [4.78, 5) is 23.0. The Morgan fingerprint density at radius 1 is 0.946 bits per heavy atom. The Hall–Kier alpha value is -3.55. The van der Waals surface area contributed by atoms with E-state index in [0.717, 1.165) is 48.8 Å². The van der Waals surface area contributed by atoms with Crippen molar-refractivity contribution in [3.63, 3.8) is 0 Å². The molecule has 8 heteroatoms. The SMILES string of the molecule is COc1cc2c(cc1OC)CN(CCn1c(-c3ccc(N(C)C)cc3)nc3cc(Cl)ccc3c1=O)CC2. The van der Waals surface area contributed by atoms with Crippen LogP contribution >= 0.6 is 11.6 Å². The van der Waals surface area contributed by atoms with Gasteiger partial charge in [-0.1, -0.05) is 11.6 Å². The quantitative estimate of drug-likeness (QED) is 0.348. The molecule has 1 aliphatic rings. The Morgan fingerprint density at radius 3 is 2.32 bits per heavy atom. The van der Waals surface area contributed by atoms with E-state index in [1.807, 2.05) is 43.3 Å². The molecule has 1 aliphatic heterocycles. The average molecular weight is 519 g/mol. The predicted octanol–water partition coefficient (Wildman–Crippen LogP) is 4.86. The molecular formula is C29H31ClN4O3. The lowest BCUT2D eigenvalue weighted by atomic mass is 9.99. The van der Waals surface area contributed by atoms with Gasteiger partial charge in [0.05, 0.1) is 25.1 Å². The summed E-state index contributed by atoms with van der Waals surface area (Å²) >= 11 is 6.23. The molecule has 4 aromatic rings. The first kappa shape index (κ1) is 25.1. The summed E-state index contributed by atoms with van der Waals surface area (Å²) in [7, 11) is 7.32. The third kappa shape index (κ3) is 5.02. The number of benzene rings is 3. The molecule has 0 atom stereocenters. The molecule has 0 aliphatic carbocycles. The first-order valence-corrected chi connectivity index (χ1v) is 12.7. The molecule has 5 rings (SSSR count). The maximum absolute atomic E-state index is 13.7. The highest BCUT2D eigenvalue weighted by molar-refractivity contribution is 6.31. The maximum Gasteiger partial charge on any atom is 0.261 e. The minimum atomic E-state index is -0.0582. The summed E-state index contributed by atoms with van der Waals surface area (Å²) in [5.41, 5.74) is 5.02. The van der Waals surface area contributed by atoms with Crippen molar-refractivity contribution in [3.05, 3.63) is 81.1 Å². The van der Waals surface area contributed by atoms with Crippen LogP contribution in [0.4, 0.5) is 5.69 Å². The van der Waals surface area contributed by atoms with Crippen molar-refractivity contribution in [3.8, 4) is 22.9 Å². The van der Waals surface area contributed by atoms with Gasteiger partial charge in [0.15, 0.2) is 11.5 Å². The fourth-order valence-corrected chi connectivity index (χ4v) is 5.07. The van der Waals surface area contributed by atoms with Gasteiger partial charge in [0.2, 0.25) is 0 Å². The molecule has 192 valence electrons. The molecule has 3 aromatic carbocycles.